The molecule has 1 aliphatic heterocycles. The summed E-state index contributed by atoms with van der Waals surface area (Å²) < 4.78 is 6.51. The van der Waals surface area contributed by atoms with Crippen LogP contribution in [-0.2, 0) is 10.8 Å². The summed E-state index contributed by atoms with van der Waals surface area (Å²) in [5.41, 5.74) is 1.45. The van der Waals surface area contributed by atoms with Crippen molar-refractivity contribution in [2.45, 2.75) is 63.4 Å². The molecule has 1 aromatic rings. The third kappa shape index (κ3) is 4.92. The molecular formula is C19H30OSSi. The summed E-state index contributed by atoms with van der Waals surface area (Å²) in [5, 5.41) is 0.975. The van der Waals surface area contributed by atoms with Gasteiger partial charge < -0.3 is 4.43 Å². The van der Waals surface area contributed by atoms with Crippen LogP contribution in [0.5, 0.6) is 0 Å². The Balaban J connectivity index is 1.88. The zero-order valence-electron chi connectivity index (χ0n) is 14.7. The molecular weight excluding hydrogens is 304 g/mol. The molecule has 1 atom stereocenters. The van der Waals surface area contributed by atoms with E-state index in [-0.39, 0.29) is 5.04 Å². The van der Waals surface area contributed by atoms with Gasteiger partial charge in [0.1, 0.15) is 0 Å². The summed E-state index contributed by atoms with van der Waals surface area (Å²) >= 11 is 2.08. The quantitative estimate of drug-likeness (QED) is 0.608. The second-order valence-corrected chi connectivity index (χ2v) is 13.8. The van der Waals surface area contributed by atoms with Crippen LogP contribution in [0, 0.1) is 0 Å². The summed E-state index contributed by atoms with van der Waals surface area (Å²) in [7, 11) is -1.69. The highest BCUT2D eigenvalue weighted by Crippen LogP contribution is 2.40. The predicted molar refractivity (Wildman–Crippen MR) is 102 cm³/mol. The van der Waals surface area contributed by atoms with Gasteiger partial charge in [0.15, 0.2) is 0 Å². The Kier molecular flexibility index (Phi) is 5.84. The van der Waals surface area contributed by atoms with Crippen molar-refractivity contribution in [1.82, 2.24) is 0 Å². The van der Waals surface area contributed by atoms with Gasteiger partial charge in [-0.3, -0.25) is 0 Å². The summed E-state index contributed by atoms with van der Waals surface area (Å²) in [6.45, 7) is 11.6. The Bertz CT molecular complexity index is 502. The van der Waals surface area contributed by atoms with Crippen molar-refractivity contribution in [1.29, 1.82) is 0 Å². The molecule has 0 amide bonds. The molecule has 122 valence electrons. The first-order valence-electron chi connectivity index (χ1n) is 8.31. The van der Waals surface area contributed by atoms with Crippen molar-refractivity contribution in [3.05, 3.63) is 47.7 Å². The van der Waals surface area contributed by atoms with Crippen molar-refractivity contribution in [2.24, 2.45) is 0 Å². The molecule has 0 bridgehead atoms. The minimum atomic E-state index is -1.69. The monoisotopic (exact) mass is 334 g/mol. The molecule has 1 aliphatic rings. The highest BCUT2D eigenvalue weighted by atomic mass is 32.2. The third-order valence-electron chi connectivity index (χ3n) is 4.86. The number of allylic oxidation sites excluding steroid dienone is 1. The van der Waals surface area contributed by atoms with E-state index >= 15 is 0 Å². The van der Waals surface area contributed by atoms with Gasteiger partial charge in [0.05, 0.1) is 5.76 Å². The van der Waals surface area contributed by atoms with Gasteiger partial charge in [-0.25, -0.2) is 0 Å². The van der Waals surface area contributed by atoms with E-state index in [0.29, 0.717) is 5.25 Å². The van der Waals surface area contributed by atoms with E-state index in [1.807, 2.05) is 0 Å². The average molecular weight is 335 g/mol. The molecule has 22 heavy (non-hydrogen) atoms. The molecule has 2 rings (SSSR count). The summed E-state index contributed by atoms with van der Waals surface area (Å²) in [6, 6.07) is 10.8. The lowest BCUT2D eigenvalue weighted by Gasteiger charge is -2.38. The van der Waals surface area contributed by atoms with Crippen LogP contribution in [0.15, 0.2) is 42.2 Å². The standard InChI is InChI=1S/C19H30OSSi/c1-19(2,3)22(4,5)20-17-13-14-21-18(15-17)12-11-16-9-7-6-8-10-16/h6-10,13,18H,11-12,14-15H2,1-5H3. The molecule has 0 aliphatic carbocycles. The van der Waals surface area contributed by atoms with Crippen LogP contribution < -0.4 is 0 Å². The Labute approximate surface area is 141 Å². The van der Waals surface area contributed by atoms with Crippen LogP contribution in [0.2, 0.25) is 18.1 Å². The van der Waals surface area contributed by atoms with Crippen LogP contribution >= 0.6 is 11.8 Å². The lowest BCUT2D eigenvalue weighted by atomic mass is 10.1. The average Bonchev–Trinajstić information content (AvgIpc) is 2.45. The molecule has 0 spiro atoms. The Morgan fingerprint density at radius 1 is 1.18 bits per heavy atom. The van der Waals surface area contributed by atoms with Crippen LogP contribution in [0.3, 0.4) is 0 Å². The van der Waals surface area contributed by atoms with Gasteiger partial charge in [-0.2, -0.15) is 11.8 Å². The highest BCUT2D eigenvalue weighted by molar-refractivity contribution is 8.00. The molecule has 1 heterocycles. The maximum absolute atomic E-state index is 6.51. The first-order valence-corrected chi connectivity index (χ1v) is 12.3. The number of hydrogen-bond donors (Lipinski definition) is 0. The number of rotatable bonds is 5. The first-order chi connectivity index (χ1) is 10.3. The maximum atomic E-state index is 6.51. The second-order valence-electron chi connectivity index (χ2n) is 7.72. The van der Waals surface area contributed by atoms with Crippen molar-refractivity contribution in [3.8, 4) is 0 Å². The van der Waals surface area contributed by atoms with Gasteiger partial charge in [0.25, 0.3) is 0 Å². The van der Waals surface area contributed by atoms with Gasteiger partial charge in [-0.1, -0.05) is 51.1 Å². The van der Waals surface area contributed by atoms with E-state index < -0.39 is 8.32 Å². The van der Waals surface area contributed by atoms with E-state index in [1.54, 1.807) is 0 Å². The molecule has 0 saturated heterocycles. The Morgan fingerprint density at radius 3 is 2.50 bits per heavy atom. The van der Waals surface area contributed by atoms with Crippen molar-refractivity contribution in [3.63, 3.8) is 0 Å². The third-order valence-corrected chi connectivity index (χ3v) is 10.5. The van der Waals surface area contributed by atoms with Crippen LogP contribution in [0.25, 0.3) is 0 Å². The SMILES string of the molecule is CC(C)(C)[Si](C)(C)OC1=CCSC(CCc2ccccc2)C1. The number of thioether (sulfide) groups is 1. The van der Waals surface area contributed by atoms with E-state index in [0.717, 1.165) is 12.2 Å². The van der Waals surface area contributed by atoms with Gasteiger partial charge in [-0.05, 0) is 42.6 Å². The van der Waals surface area contributed by atoms with Crippen molar-refractivity contribution < 1.29 is 4.43 Å². The Hall–Kier alpha value is -0.673. The van der Waals surface area contributed by atoms with Crippen LogP contribution in [0.1, 0.15) is 39.2 Å². The van der Waals surface area contributed by atoms with Crippen LogP contribution in [0.4, 0.5) is 0 Å². The zero-order chi connectivity index (χ0) is 16.2. The van der Waals surface area contributed by atoms with E-state index in [1.165, 1.54) is 24.2 Å². The molecule has 0 N–H and O–H groups in total. The number of benzene rings is 1. The normalized spacial score (nSPS) is 19.7. The van der Waals surface area contributed by atoms with Gasteiger partial charge in [0.2, 0.25) is 8.32 Å². The molecule has 0 fully saturated rings. The topological polar surface area (TPSA) is 9.23 Å². The Morgan fingerprint density at radius 2 is 1.86 bits per heavy atom. The summed E-state index contributed by atoms with van der Waals surface area (Å²) in [6.07, 6.45) is 5.83. The molecule has 1 unspecified atom stereocenters. The fraction of sp³-hybridized carbons (Fsp3) is 0.579. The van der Waals surface area contributed by atoms with E-state index in [2.05, 4.69) is 82.0 Å². The minimum absolute atomic E-state index is 0.276. The molecule has 3 heteroatoms. The first kappa shape index (κ1) is 17.7. The molecule has 1 aromatic carbocycles. The maximum Gasteiger partial charge on any atom is 0.250 e. The number of aryl methyl sites for hydroxylation is 1. The van der Waals surface area contributed by atoms with Gasteiger partial charge in [0, 0.05) is 17.4 Å². The second kappa shape index (κ2) is 7.27. The fourth-order valence-electron chi connectivity index (χ4n) is 2.37. The van der Waals surface area contributed by atoms with E-state index in [4.69, 9.17) is 4.43 Å². The van der Waals surface area contributed by atoms with Crippen molar-refractivity contribution in [2.75, 3.05) is 5.75 Å². The number of hydrogen-bond acceptors (Lipinski definition) is 2. The zero-order valence-corrected chi connectivity index (χ0v) is 16.5. The van der Waals surface area contributed by atoms with Gasteiger partial charge >= 0.3 is 0 Å². The van der Waals surface area contributed by atoms with Gasteiger partial charge in [-0.15, -0.1) is 0 Å². The fourth-order valence-corrected chi connectivity index (χ4v) is 4.61. The highest BCUT2D eigenvalue weighted by Gasteiger charge is 2.39. The lowest BCUT2D eigenvalue weighted by molar-refractivity contribution is 0.361. The molecule has 0 aromatic heterocycles. The summed E-state index contributed by atoms with van der Waals surface area (Å²) in [5.74, 6) is 2.35. The van der Waals surface area contributed by atoms with Crippen LogP contribution in [-0.4, -0.2) is 19.3 Å². The minimum Gasteiger partial charge on any atom is -0.547 e. The summed E-state index contributed by atoms with van der Waals surface area (Å²) in [4.78, 5) is 0. The smallest absolute Gasteiger partial charge is 0.250 e. The predicted octanol–water partition coefficient (Wildman–Crippen LogP) is 6.03. The molecule has 1 nitrogen and oxygen atoms in total. The largest absolute Gasteiger partial charge is 0.547 e. The van der Waals surface area contributed by atoms with Crippen molar-refractivity contribution >= 4 is 20.1 Å². The molecule has 0 radical (unpaired) electrons. The molecule has 0 saturated carbocycles. The van der Waals surface area contributed by atoms with E-state index in [9.17, 15) is 0 Å². The lowest BCUT2D eigenvalue weighted by Crippen LogP contribution is -2.41.